The Morgan fingerprint density at radius 1 is 1.22 bits per heavy atom. The third-order valence-electron chi connectivity index (χ3n) is 3.34. The molecule has 3 aromatic rings. The maximum Gasteiger partial charge on any atom is 0.259 e. The maximum atomic E-state index is 13.0. The fourth-order valence-corrected chi connectivity index (χ4v) is 2.19. The number of H-pyrrole nitrogens is 1. The van der Waals surface area contributed by atoms with E-state index in [2.05, 4.69) is 15.5 Å². The number of hydrogen-bond acceptors (Lipinski definition) is 3. The second-order valence-corrected chi connectivity index (χ2v) is 4.85. The summed E-state index contributed by atoms with van der Waals surface area (Å²) in [5.74, 6) is -0.00396. The van der Waals surface area contributed by atoms with E-state index in [1.807, 2.05) is 0 Å². The molecule has 2 N–H and O–H groups in total. The van der Waals surface area contributed by atoms with Crippen LogP contribution in [0, 0.1) is 5.82 Å². The minimum Gasteiger partial charge on any atom is -0.497 e. The Balaban J connectivity index is 1.86. The predicted octanol–water partition coefficient (Wildman–Crippen LogP) is 3.48. The molecular formula is C17H14FN3O2. The second-order valence-electron chi connectivity index (χ2n) is 4.85. The smallest absolute Gasteiger partial charge is 0.259 e. The number of anilines is 1. The minimum absolute atomic E-state index is 0.314. The van der Waals surface area contributed by atoms with Gasteiger partial charge in [-0.05, 0) is 36.4 Å². The summed E-state index contributed by atoms with van der Waals surface area (Å²) < 4.78 is 18.2. The van der Waals surface area contributed by atoms with Crippen molar-refractivity contribution in [3.63, 3.8) is 0 Å². The van der Waals surface area contributed by atoms with Crippen LogP contribution in [0.5, 0.6) is 5.75 Å². The highest BCUT2D eigenvalue weighted by molar-refractivity contribution is 6.08. The van der Waals surface area contributed by atoms with E-state index in [1.54, 1.807) is 43.5 Å². The van der Waals surface area contributed by atoms with Crippen molar-refractivity contribution in [2.45, 2.75) is 0 Å². The van der Waals surface area contributed by atoms with E-state index in [0.29, 0.717) is 28.3 Å². The molecule has 5 nitrogen and oxygen atoms in total. The molecule has 0 unspecified atom stereocenters. The maximum absolute atomic E-state index is 13.0. The van der Waals surface area contributed by atoms with Crippen LogP contribution >= 0.6 is 0 Å². The van der Waals surface area contributed by atoms with E-state index in [0.717, 1.165) is 0 Å². The average molecular weight is 311 g/mol. The molecule has 1 amide bonds. The van der Waals surface area contributed by atoms with Crippen LogP contribution in [0.3, 0.4) is 0 Å². The molecule has 0 aliphatic rings. The van der Waals surface area contributed by atoms with E-state index in [9.17, 15) is 9.18 Å². The third kappa shape index (κ3) is 3.21. The number of methoxy groups -OCH3 is 1. The van der Waals surface area contributed by atoms with Gasteiger partial charge in [-0.3, -0.25) is 9.89 Å². The molecule has 2 aromatic carbocycles. The lowest BCUT2D eigenvalue weighted by Crippen LogP contribution is -2.12. The van der Waals surface area contributed by atoms with Gasteiger partial charge >= 0.3 is 0 Å². The molecule has 1 aromatic heterocycles. The van der Waals surface area contributed by atoms with Crippen LogP contribution in [0.4, 0.5) is 10.1 Å². The third-order valence-corrected chi connectivity index (χ3v) is 3.34. The van der Waals surface area contributed by atoms with Crippen LogP contribution in [0.2, 0.25) is 0 Å². The Bertz CT molecular complexity index is 828. The van der Waals surface area contributed by atoms with Crippen molar-refractivity contribution in [2.75, 3.05) is 12.4 Å². The molecule has 0 radical (unpaired) electrons. The molecule has 116 valence electrons. The quantitative estimate of drug-likeness (QED) is 0.775. The first-order chi connectivity index (χ1) is 11.2. The predicted molar refractivity (Wildman–Crippen MR) is 84.9 cm³/mol. The molecule has 0 atom stereocenters. The van der Waals surface area contributed by atoms with E-state index in [1.165, 1.54) is 18.3 Å². The van der Waals surface area contributed by atoms with Crippen molar-refractivity contribution >= 4 is 11.6 Å². The highest BCUT2D eigenvalue weighted by Gasteiger charge is 2.15. The normalized spacial score (nSPS) is 10.3. The van der Waals surface area contributed by atoms with Gasteiger partial charge in [-0.1, -0.05) is 6.07 Å². The van der Waals surface area contributed by atoms with Gasteiger partial charge in [0.25, 0.3) is 5.91 Å². The number of halogens is 1. The van der Waals surface area contributed by atoms with Crippen molar-refractivity contribution in [3.8, 4) is 17.0 Å². The first kappa shape index (κ1) is 14.8. The zero-order chi connectivity index (χ0) is 16.2. The minimum atomic E-state index is -0.337. The first-order valence-electron chi connectivity index (χ1n) is 6.92. The monoisotopic (exact) mass is 311 g/mol. The van der Waals surface area contributed by atoms with Crippen molar-refractivity contribution < 1.29 is 13.9 Å². The van der Waals surface area contributed by atoms with Gasteiger partial charge in [0, 0.05) is 17.3 Å². The lowest BCUT2D eigenvalue weighted by molar-refractivity contribution is 0.102. The molecule has 0 bridgehead atoms. The number of hydrogen-bond donors (Lipinski definition) is 2. The van der Waals surface area contributed by atoms with Crippen molar-refractivity contribution in [2.24, 2.45) is 0 Å². The van der Waals surface area contributed by atoms with Gasteiger partial charge in [0.1, 0.15) is 11.6 Å². The molecule has 0 spiro atoms. The number of carbonyl (C=O) groups excluding carboxylic acids is 1. The summed E-state index contributed by atoms with van der Waals surface area (Å²) in [6.07, 6.45) is 1.44. The highest BCUT2D eigenvalue weighted by atomic mass is 19.1. The van der Waals surface area contributed by atoms with E-state index >= 15 is 0 Å². The van der Waals surface area contributed by atoms with Crippen LogP contribution in [0.15, 0.2) is 54.7 Å². The number of rotatable bonds is 4. The second kappa shape index (κ2) is 6.31. The fourth-order valence-electron chi connectivity index (χ4n) is 2.19. The van der Waals surface area contributed by atoms with Gasteiger partial charge in [0.05, 0.1) is 24.6 Å². The molecule has 0 saturated carbocycles. The fraction of sp³-hybridized carbons (Fsp3) is 0.0588. The number of benzene rings is 2. The molecule has 0 aliphatic heterocycles. The summed E-state index contributed by atoms with van der Waals surface area (Å²) in [5, 5.41) is 9.47. The first-order valence-corrected chi connectivity index (χ1v) is 6.92. The van der Waals surface area contributed by atoms with Gasteiger partial charge < -0.3 is 10.1 Å². The molecule has 3 rings (SSSR count). The zero-order valence-corrected chi connectivity index (χ0v) is 12.3. The van der Waals surface area contributed by atoms with Gasteiger partial charge in [-0.25, -0.2) is 4.39 Å². The Morgan fingerprint density at radius 3 is 2.74 bits per heavy atom. The van der Waals surface area contributed by atoms with Crippen LogP contribution in [-0.4, -0.2) is 23.2 Å². The van der Waals surface area contributed by atoms with Gasteiger partial charge in [0.15, 0.2) is 0 Å². The lowest BCUT2D eigenvalue weighted by Gasteiger charge is -2.07. The van der Waals surface area contributed by atoms with Gasteiger partial charge in [-0.15, -0.1) is 0 Å². The van der Waals surface area contributed by atoms with E-state index < -0.39 is 0 Å². The zero-order valence-electron chi connectivity index (χ0n) is 12.3. The van der Waals surface area contributed by atoms with Crippen LogP contribution in [-0.2, 0) is 0 Å². The molecule has 6 heteroatoms. The molecule has 1 heterocycles. The summed E-state index contributed by atoms with van der Waals surface area (Å²) in [7, 11) is 1.56. The van der Waals surface area contributed by atoms with Crippen LogP contribution in [0.25, 0.3) is 11.3 Å². The lowest BCUT2D eigenvalue weighted by atomic mass is 10.1. The summed E-state index contributed by atoms with van der Waals surface area (Å²) >= 11 is 0. The van der Waals surface area contributed by atoms with Crippen molar-refractivity contribution in [1.29, 1.82) is 0 Å². The largest absolute Gasteiger partial charge is 0.497 e. The SMILES string of the molecule is COc1cccc(NC(=O)c2cn[nH]c2-c2ccc(F)cc2)c1. The summed E-state index contributed by atoms with van der Waals surface area (Å²) in [6.45, 7) is 0. The average Bonchev–Trinajstić information content (AvgIpc) is 3.05. The van der Waals surface area contributed by atoms with Gasteiger partial charge in [0.2, 0.25) is 0 Å². The number of ether oxygens (including phenoxy) is 1. The molecule has 0 saturated heterocycles. The Hall–Kier alpha value is -3.15. The standard InChI is InChI=1S/C17H14FN3O2/c1-23-14-4-2-3-13(9-14)20-17(22)15-10-19-21-16(15)11-5-7-12(18)8-6-11/h2-10H,1H3,(H,19,21)(H,20,22). The Morgan fingerprint density at radius 2 is 2.00 bits per heavy atom. The van der Waals surface area contributed by atoms with E-state index in [4.69, 9.17) is 4.74 Å². The van der Waals surface area contributed by atoms with Crippen LogP contribution in [0.1, 0.15) is 10.4 Å². The molecule has 23 heavy (non-hydrogen) atoms. The topological polar surface area (TPSA) is 67.0 Å². The van der Waals surface area contributed by atoms with E-state index in [-0.39, 0.29) is 11.7 Å². The highest BCUT2D eigenvalue weighted by Crippen LogP contribution is 2.23. The van der Waals surface area contributed by atoms with Crippen LogP contribution < -0.4 is 10.1 Å². The number of amides is 1. The van der Waals surface area contributed by atoms with Crippen molar-refractivity contribution in [1.82, 2.24) is 10.2 Å². The summed E-state index contributed by atoms with van der Waals surface area (Å²) in [4.78, 5) is 12.4. The summed E-state index contributed by atoms with van der Waals surface area (Å²) in [6, 6.07) is 12.9. The van der Waals surface area contributed by atoms with Gasteiger partial charge in [-0.2, -0.15) is 5.10 Å². The van der Waals surface area contributed by atoms with Crippen molar-refractivity contribution in [3.05, 3.63) is 66.1 Å². The molecule has 0 aliphatic carbocycles. The number of nitrogens with one attached hydrogen (secondary N) is 2. The molecule has 0 fully saturated rings. The Labute approximate surface area is 132 Å². The molecular weight excluding hydrogens is 297 g/mol. The number of carbonyl (C=O) groups is 1. The number of aromatic nitrogens is 2. The Kier molecular flexibility index (Phi) is 4.05. The number of nitrogens with zero attached hydrogens (tertiary/aromatic N) is 1. The number of aromatic amines is 1. The summed E-state index contributed by atoms with van der Waals surface area (Å²) in [5.41, 5.74) is 2.20.